The van der Waals surface area contributed by atoms with Crippen molar-refractivity contribution in [3.63, 3.8) is 0 Å². The van der Waals surface area contributed by atoms with E-state index in [0.29, 0.717) is 16.9 Å². The van der Waals surface area contributed by atoms with E-state index in [1.54, 1.807) is 43.3 Å². The Hall–Kier alpha value is -4.75. The second kappa shape index (κ2) is 13.3. The molecule has 2 aromatic carbocycles. The smallest absolute Gasteiger partial charge is 0.354 e. The number of benzene rings is 2. The first-order valence-corrected chi connectivity index (χ1v) is 15.2. The highest BCUT2D eigenvalue weighted by Gasteiger charge is 2.27. The van der Waals surface area contributed by atoms with Crippen LogP contribution < -0.4 is 18.9 Å². The van der Waals surface area contributed by atoms with Gasteiger partial charge in [-0.15, -0.1) is 0 Å². The van der Waals surface area contributed by atoms with Crippen LogP contribution >= 0.6 is 0 Å². The van der Waals surface area contributed by atoms with E-state index in [4.69, 9.17) is 14.2 Å². The Morgan fingerprint density at radius 2 is 1.68 bits per heavy atom. The summed E-state index contributed by atoms with van der Waals surface area (Å²) in [6.45, 7) is 7.22. The number of para-hydroxylation sites is 2. The summed E-state index contributed by atoms with van der Waals surface area (Å²) in [5.41, 5.74) is 1.19. The lowest BCUT2D eigenvalue weighted by Crippen LogP contribution is -2.17. The lowest BCUT2D eigenvalue weighted by molar-refractivity contribution is 0.0689. The van der Waals surface area contributed by atoms with Crippen LogP contribution in [0.2, 0.25) is 0 Å². The zero-order valence-electron chi connectivity index (χ0n) is 25.0. The third-order valence-corrected chi connectivity index (χ3v) is 7.91. The minimum atomic E-state index is -4.24. The summed E-state index contributed by atoms with van der Waals surface area (Å²) in [6, 6.07) is 14.7. The van der Waals surface area contributed by atoms with E-state index in [2.05, 4.69) is 19.7 Å². The summed E-state index contributed by atoms with van der Waals surface area (Å²) in [4.78, 5) is 24.8. The van der Waals surface area contributed by atoms with Gasteiger partial charge in [-0.2, -0.15) is 4.98 Å². The molecule has 0 aliphatic heterocycles. The van der Waals surface area contributed by atoms with E-state index in [-0.39, 0.29) is 64.7 Å². The van der Waals surface area contributed by atoms with Crippen molar-refractivity contribution in [1.82, 2.24) is 15.0 Å². The first-order valence-electron chi connectivity index (χ1n) is 13.7. The van der Waals surface area contributed by atoms with Crippen molar-refractivity contribution >= 4 is 21.8 Å². The maximum atomic E-state index is 13.7. The largest absolute Gasteiger partial charge is 0.493 e. The van der Waals surface area contributed by atoms with Crippen molar-refractivity contribution in [2.45, 2.75) is 44.4 Å². The van der Waals surface area contributed by atoms with Gasteiger partial charge in [-0.1, -0.05) is 52.0 Å². The lowest BCUT2D eigenvalue weighted by atomic mass is 9.87. The number of nitrogens with zero attached hydrogens (tertiary/aromatic N) is 3. The Morgan fingerprint density at radius 1 is 1.00 bits per heavy atom. The SMILES string of the molecule is CCc1c(-c2nc(NS(=O)(=O)c3ccc(C(C)(C)C)cc3)c(Oc3ccccc3OC)c(OCCO)n2)ccnc1C(=O)O. The first-order chi connectivity index (χ1) is 20.9. The van der Waals surface area contributed by atoms with Crippen LogP contribution in [0.15, 0.2) is 65.7 Å². The monoisotopic (exact) mass is 622 g/mol. The number of aromatic nitrogens is 3. The molecule has 44 heavy (non-hydrogen) atoms. The number of anilines is 1. The fourth-order valence-electron chi connectivity index (χ4n) is 4.33. The normalized spacial score (nSPS) is 11.6. The first kappa shape index (κ1) is 32.2. The molecule has 13 heteroatoms. The molecule has 0 saturated carbocycles. The predicted molar refractivity (Wildman–Crippen MR) is 163 cm³/mol. The Bertz CT molecular complexity index is 1750. The number of carbonyl (C=O) groups is 1. The molecular formula is C31H34N4O8S. The molecule has 2 aromatic heterocycles. The van der Waals surface area contributed by atoms with Crippen LogP contribution in [0, 0.1) is 0 Å². The van der Waals surface area contributed by atoms with Crippen molar-refractivity contribution in [2.24, 2.45) is 0 Å². The van der Waals surface area contributed by atoms with Crippen molar-refractivity contribution in [2.75, 3.05) is 25.0 Å². The van der Waals surface area contributed by atoms with Crippen LogP contribution in [0.3, 0.4) is 0 Å². The van der Waals surface area contributed by atoms with Crippen molar-refractivity contribution in [3.05, 3.63) is 77.6 Å². The lowest BCUT2D eigenvalue weighted by Gasteiger charge is -2.20. The van der Waals surface area contributed by atoms with Gasteiger partial charge in [-0.3, -0.25) is 4.72 Å². The number of hydrogen-bond donors (Lipinski definition) is 3. The molecule has 2 heterocycles. The molecule has 0 aliphatic rings. The summed E-state index contributed by atoms with van der Waals surface area (Å²) in [7, 11) is -2.79. The minimum absolute atomic E-state index is 0.0296. The molecule has 4 rings (SSSR count). The van der Waals surface area contributed by atoms with E-state index in [1.165, 1.54) is 31.5 Å². The van der Waals surface area contributed by atoms with Gasteiger partial charge in [-0.25, -0.2) is 23.2 Å². The van der Waals surface area contributed by atoms with Crippen LogP contribution in [-0.4, -0.2) is 59.9 Å². The zero-order chi connectivity index (χ0) is 32.1. The molecule has 12 nitrogen and oxygen atoms in total. The minimum Gasteiger partial charge on any atom is -0.493 e. The molecule has 0 amide bonds. The molecule has 0 aliphatic carbocycles. The number of aromatic carboxylic acids is 1. The van der Waals surface area contributed by atoms with Gasteiger partial charge in [0.2, 0.25) is 5.75 Å². The maximum Gasteiger partial charge on any atom is 0.354 e. The summed E-state index contributed by atoms with van der Waals surface area (Å²) in [6.07, 6.45) is 1.57. The second-order valence-corrected chi connectivity index (χ2v) is 12.3. The number of methoxy groups -OCH3 is 1. The Balaban J connectivity index is 1.95. The predicted octanol–water partition coefficient (Wildman–Crippen LogP) is 5.07. The third kappa shape index (κ3) is 7.06. The summed E-state index contributed by atoms with van der Waals surface area (Å²) in [5.74, 6) is -1.43. The van der Waals surface area contributed by atoms with Crippen LogP contribution in [-0.2, 0) is 21.9 Å². The fraction of sp³-hybridized carbons (Fsp3) is 0.290. The standard InChI is InChI=1S/C31H34N4O8S/c1-6-21-22(15-16-32-25(21)30(37)38)27-33-28(35-44(39,40)20-13-11-19(12-14-20)31(2,3)4)26(29(34-27)42-18-17-36)43-24-10-8-7-9-23(24)41-5/h7-16,36H,6,17-18H2,1-5H3,(H,37,38)(H,33,34,35). The summed E-state index contributed by atoms with van der Waals surface area (Å²) >= 11 is 0. The van der Waals surface area contributed by atoms with Crippen molar-refractivity contribution in [1.29, 1.82) is 0 Å². The second-order valence-electron chi connectivity index (χ2n) is 10.6. The number of nitrogens with one attached hydrogen (secondary N) is 1. The molecule has 0 unspecified atom stereocenters. The molecule has 3 N–H and O–H groups in total. The number of carboxylic acids is 1. The van der Waals surface area contributed by atoms with Crippen LogP contribution in [0.4, 0.5) is 5.82 Å². The number of aliphatic hydroxyl groups excluding tert-OH is 1. The quantitative estimate of drug-likeness (QED) is 0.193. The number of sulfonamides is 1. The molecule has 0 atom stereocenters. The molecule has 4 aromatic rings. The zero-order valence-corrected chi connectivity index (χ0v) is 25.8. The molecular weight excluding hydrogens is 588 g/mol. The maximum absolute atomic E-state index is 13.7. The molecule has 0 bridgehead atoms. The van der Waals surface area contributed by atoms with E-state index in [9.17, 15) is 23.4 Å². The van der Waals surface area contributed by atoms with E-state index in [0.717, 1.165) is 5.56 Å². The molecule has 0 saturated heterocycles. The van der Waals surface area contributed by atoms with Gasteiger partial charge in [0.25, 0.3) is 15.9 Å². The number of pyridine rings is 1. The van der Waals surface area contributed by atoms with Crippen LogP contribution in [0.25, 0.3) is 11.4 Å². The average molecular weight is 623 g/mol. The van der Waals surface area contributed by atoms with Gasteiger partial charge in [0.15, 0.2) is 28.8 Å². The highest BCUT2D eigenvalue weighted by atomic mass is 32.2. The van der Waals surface area contributed by atoms with Crippen molar-refractivity contribution in [3.8, 4) is 34.5 Å². The highest BCUT2D eigenvalue weighted by Crippen LogP contribution is 2.42. The Labute approximate surface area is 255 Å². The number of carboxylic acid groups (broad SMARTS) is 1. The van der Waals surface area contributed by atoms with Gasteiger partial charge in [0.05, 0.1) is 18.6 Å². The van der Waals surface area contributed by atoms with Crippen molar-refractivity contribution < 1.29 is 37.6 Å². The molecule has 0 spiro atoms. The van der Waals surface area contributed by atoms with Gasteiger partial charge in [-0.05, 0) is 53.3 Å². The number of rotatable bonds is 12. The van der Waals surface area contributed by atoms with Gasteiger partial charge >= 0.3 is 5.97 Å². The van der Waals surface area contributed by atoms with E-state index in [1.807, 2.05) is 20.8 Å². The third-order valence-electron chi connectivity index (χ3n) is 6.56. The number of aliphatic hydroxyl groups is 1. The van der Waals surface area contributed by atoms with E-state index >= 15 is 0 Å². The van der Waals surface area contributed by atoms with E-state index < -0.39 is 16.0 Å². The average Bonchev–Trinajstić information content (AvgIpc) is 3.00. The summed E-state index contributed by atoms with van der Waals surface area (Å²) in [5, 5.41) is 19.2. The van der Waals surface area contributed by atoms with Crippen LogP contribution in [0.1, 0.15) is 49.3 Å². The highest BCUT2D eigenvalue weighted by molar-refractivity contribution is 7.92. The topological polar surface area (TPSA) is 170 Å². The fourth-order valence-corrected chi connectivity index (χ4v) is 5.33. The molecule has 0 radical (unpaired) electrons. The van der Waals surface area contributed by atoms with Gasteiger partial charge < -0.3 is 24.4 Å². The summed E-state index contributed by atoms with van der Waals surface area (Å²) < 4.78 is 47.2. The number of hydrogen-bond acceptors (Lipinski definition) is 10. The van der Waals surface area contributed by atoms with Gasteiger partial charge in [0.1, 0.15) is 6.61 Å². The van der Waals surface area contributed by atoms with Gasteiger partial charge in [0, 0.05) is 11.8 Å². The Kier molecular flexibility index (Phi) is 9.70. The molecule has 232 valence electrons. The molecule has 0 fully saturated rings. The Morgan fingerprint density at radius 3 is 2.27 bits per heavy atom. The number of ether oxygens (including phenoxy) is 3. The van der Waals surface area contributed by atoms with Crippen LogP contribution in [0.5, 0.6) is 23.1 Å².